The molecule has 0 aliphatic rings. The molecule has 9 heteroatoms. The molecule has 0 aliphatic heterocycles. The van der Waals surface area contributed by atoms with E-state index in [2.05, 4.69) is 42.4 Å². The summed E-state index contributed by atoms with van der Waals surface area (Å²) in [6, 6.07) is 6.85. The average Bonchev–Trinajstić information content (AvgIpc) is 2.67. The third-order valence-electron chi connectivity index (χ3n) is 3.60. The molecule has 0 bridgehead atoms. The number of phenolic OH excluding ortho intramolecular Hbond substituents is 1. The van der Waals surface area contributed by atoms with E-state index in [1.54, 1.807) is 31.4 Å². The number of carbonyl (C=O) groups excluding carboxylic acids is 1. The molecule has 0 spiro atoms. The van der Waals surface area contributed by atoms with E-state index in [0.29, 0.717) is 26.0 Å². The van der Waals surface area contributed by atoms with E-state index in [4.69, 9.17) is 14.2 Å². The average molecular weight is 502 g/mol. The summed E-state index contributed by atoms with van der Waals surface area (Å²) in [5.41, 5.74) is 3.84. The Hall–Kier alpha value is -2.26. The standard InChI is InChI=1S/C18H18Br2N2O5/c1-25-12-5-4-10(6-13(12)26-2)7-15(23)22-21-9-11-8-14(27-3)18(24)17(20)16(11)19/h4-6,8-9,24H,7H2,1-3H3,(H,22,23). The maximum absolute atomic E-state index is 12.1. The van der Waals surface area contributed by atoms with E-state index in [0.717, 1.165) is 5.56 Å². The predicted octanol–water partition coefficient (Wildman–Crippen LogP) is 3.64. The Labute approximate surface area is 173 Å². The van der Waals surface area contributed by atoms with Crippen molar-refractivity contribution in [3.05, 3.63) is 44.3 Å². The maximum Gasteiger partial charge on any atom is 0.244 e. The van der Waals surface area contributed by atoms with Gasteiger partial charge in [-0.15, -0.1) is 0 Å². The number of halogens is 2. The van der Waals surface area contributed by atoms with Crippen LogP contribution in [-0.2, 0) is 11.2 Å². The highest BCUT2D eigenvalue weighted by Crippen LogP contribution is 2.41. The number of aromatic hydroxyl groups is 1. The van der Waals surface area contributed by atoms with Crippen LogP contribution in [0, 0.1) is 0 Å². The molecule has 144 valence electrons. The zero-order chi connectivity index (χ0) is 20.0. The van der Waals surface area contributed by atoms with Gasteiger partial charge in [-0.25, -0.2) is 5.43 Å². The summed E-state index contributed by atoms with van der Waals surface area (Å²) < 4.78 is 16.5. The van der Waals surface area contributed by atoms with Crippen LogP contribution in [-0.4, -0.2) is 38.6 Å². The van der Waals surface area contributed by atoms with Gasteiger partial charge in [-0.3, -0.25) is 4.79 Å². The van der Waals surface area contributed by atoms with Crippen molar-refractivity contribution in [1.29, 1.82) is 0 Å². The lowest BCUT2D eigenvalue weighted by Gasteiger charge is -2.10. The lowest BCUT2D eigenvalue weighted by Crippen LogP contribution is -2.19. The van der Waals surface area contributed by atoms with Crippen molar-refractivity contribution in [1.82, 2.24) is 5.43 Å². The Morgan fingerprint density at radius 3 is 2.37 bits per heavy atom. The first kappa shape index (κ1) is 21.0. The van der Waals surface area contributed by atoms with Crippen molar-refractivity contribution in [3.8, 4) is 23.0 Å². The second kappa shape index (κ2) is 9.61. The molecule has 1 amide bonds. The first-order chi connectivity index (χ1) is 12.9. The summed E-state index contributed by atoms with van der Waals surface area (Å²) in [6.45, 7) is 0. The molecule has 0 saturated carbocycles. The molecule has 2 aromatic carbocycles. The van der Waals surface area contributed by atoms with Gasteiger partial charge in [0.1, 0.15) is 0 Å². The molecule has 27 heavy (non-hydrogen) atoms. The molecule has 2 rings (SSSR count). The van der Waals surface area contributed by atoms with E-state index < -0.39 is 0 Å². The fraction of sp³-hybridized carbons (Fsp3) is 0.222. The molecule has 0 aromatic heterocycles. The van der Waals surface area contributed by atoms with Crippen molar-refractivity contribution >= 4 is 44.0 Å². The van der Waals surface area contributed by atoms with E-state index in [1.807, 2.05) is 0 Å². The lowest BCUT2D eigenvalue weighted by molar-refractivity contribution is -0.120. The number of hydrogen-bond acceptors (Lipinski definition) is 6. The van der Waals surface area contributed by atoms with Crippen LogP contribution in [0.1, 0.15) is 11.1 Å². The SMILES string of the molecule is COc1ccc(CC(=O)NN=Cc2cc(OC)c(O)c(Br)c2Br)cc1OC. The number of phenols is 1. The number of rotatable bonds is 7. The second-order valence-corrected chi connectivity index (χ2v) is 6.89. The molecular formula is C18H18Br2N2O5. The number of carbonyl (C=O) groups is 1. The molecule has 0 unspecified atom stereocenters. The molecule has 0 radical (unpaired) electrons. The molecule has 2 N–H and O–H groups in total. The monoisotopic (exact) mass is 500 g/mol. The number of ether oxygens (including phenoxy) is 3. The summed E-state index contributed by atoms with van der Waals surface area (Å²) in [4.78, 5) is 12.1. The zero-order valence-corrected chi connectivity index (χ0v) is 18.0. The van der Waals surface area contributed by atoms with Gasteiger partial charge in [-0.2, -0.15) is 5.10 Å². The van der Waals surface area contributed by atoms with Crippen molar-refractivity contribution < 1.29 is 24.1 Å². The number of nitrogens with one attached hydrogen (secondary N) is 1. The van der Waals surface area contributed by atoms with Gasteiger partial charge in [-0.05, 0) is 55.6 Å². The number of methoxy groups -OCH3 is 3. The Kier molecular flexibility index (Phi) is 7.49. The fourth-order valence-electron chi connectivity index (χ4n) is 2.25. The van der Waals surface area contributed by atoms with Crippen LogP contribution in [0.2, 0.25) is 0 Å². The van der Waals surface area contributed by atoms with Gasteiger partial charge in [0.25, 0.3) is 0 Å². The van der Waals surface area contributed by atoms with Crippen LogP contribution in [0.15, 0.2) is 38.3 Å². The van der Waals surface area contributed by atoms with Gasteiger partial charge < -0.3 is 19.3 Å². The van der Waals surface area contributed by atoms with E-state index >= 15 is 0 Å². The molecule has 0 atom stereocenters. The number of benzene rings is 2. The van der Waals surface area contributed by atoms with Gasteiger partial charge in [0.2, 0.25) is 5.91 Å². The quantitative estimate of drug-likeness (QED) is 0.446. The number of hydrazone groups is 1. The highest BCUT2D eigenvalue weighted by molar-refractivity contribution is 9.13. The van der Waals surface area contributed by atoms with Gasteiger partial charge in [-0.1, -0.05) is 6.07 Å². The van der Waals surface area contributed by atoms with Gasteiger partial charge >= 0.3 is 0 Å². The minimum Gasteiger partial charge on any atom is -0.503 e. The lowest BCUT2D eigenvalue weighted by atomic mass is 10.1. The maximum atomic E-state index is 12.1. The Morgan fingerprint density at radius 1 is 1.07 bits per heavy atom. The Morgan fingerprint density at radius 2 is 1.74 bits per heavy atom. The summed E-state index contributed by atoms with van der Waals surface area (Å²) >= 11 is 6.62. The largest absolute Gasteiger partial charge is 0.503 e. The van der Waals surface area contributed by atoms with Crippen molar-refractivity contribution in [2.45, 2.75) is 6.42 Å². The Balaban J connectivity index is 2.07. The number of hydrogen-bond donors (Lipinski definition) is 2. The van der Waals surface area contributed by atoms with Gasteiger partial charge in [0.05, 0.1) is 38.4 Å². The third-order valence-corrected chi connectivity index (χ3v) is 5.76. The molecule has 7 nitrogen and oxygen atoms in total. The van der Waals surface area contributed by atoms with Crippen molar-refractivity contribution in [3.63, 3.8) is 0 Å². The summed E-state index contributed by atoms with van der Waals surface area (Å²) in [7, 11) is 4.53. The molecule has 0 fully saturated rings. The molecule has 0 heterocycles. The van der Waals surface area contributed by atoms with Crippen LogP contribution < -0.4 is 19.6 Å². The van der Waals surface area contributed by atoms with Crippen LogP contribution in [0.5, 0.6) is 23.0 Å². The molecule has 0 aliphatic carbocycles. The van der Waals surface area contributed by atoms with E-state index in [1.165, 1.54) is 20.4 Å². The van der Waals surface area contributed by atoms with Crippen molar-refractivity contribution in [2.24, 2.45) is 5.10 Å². The minimum atomic E-state index is -0.292. The summed E-state index contributed by atoms with van der Waals surface area (Å²) in [5, 5.41) is 13.9. The molecule has 0 saturated heterocycles. The van der Waals surface area contributed by atoms with Crippen LogP contribution >= 0.6 is 31.9 Å². The first-order valence-corrected chi connectivity index (χ1v) is 9.27. The van der Waals surface area contributed by atoms with E-state index in [9.17, 15) is 9.90 Å². The molecular weight excluding hydrogens is 484 g/mol. The van der Waals surface area contributed by atoms with Gasteiger partial charge in [0.15, 0.2) is 23.0 Å². The normalized spacial score (nSPS) is 10.7. The third kappa shape index (κ3) is 5.14. The summed E-state index contributed by atoms with van der Waals surface area (Å²) in [5.74, 6) is 1.11. The van der Waals surface area contributed by atoms with Crippen LogP contribution in [0.4, 0.5) is 0 Å². The molecule has 2 aromatic rings. The van der Waals surface area contributed by atoms with Crippen LogP contribution in [0.25, 0.3) is 0 Å². The smallest absolute Gasteiger partial charge is 0.244 e. The predicted molar refractivity (Wildman–Crippen MR) is 109 cm³/mol. The summed E-state index contributed by atoms with van der Waals surface area (Å²) in [6.07, 6.45) is 1.57. The fourth-order valence-corrected chi connectivity index (χ4v) is 3.08. The number of nitrogens with zero attached hydrogens (tertiary/aromatic N) is 1. The second-order valence-electron chi connectivity index (χ2n) is 5.30. The number of amides is 1. The van der Waals surface area contributed by atoms with E-state index in [-0.39, 0.29) is 23.8 Å². The zero-order valence-electron chi connectivity index (χ0n) is 14.9. The van der Waals surface area contributed by atoms with Crippen molar-refractivity contribution in [2.75, 3.05) is 21.3 Å². The Bertz CT molecular complexity index is 871. The topological polar surface area (TPSA) is 89.4 Å². The van der Waals surface area contributed by atoms with Gasteiger partial charge in [0, 0.05) is 10.0 Å². The van der Waals surface area contributed by atoms with Crippen LogP contribution in [0.3, 0.4) is 0 Å². The highest BCUT2D eigenvalue weighted by Gasteiger charge is 2.14. The first-order valence-electron chi connectivity index (χ1n) is 7.69. The minimum absolute atomic E-state index is 0.0287. The highest BCUT2D eigenvalue weighted by atomic mass is 79.9.